The highest BCUT2D eigenvalue weighted by Crippen LogP contribution is 2.32. The number of ether oxygens (including phenoxy) is 1. The molecule has 2 aromatic rings. The van der Waals surface area contributed by atoms with Gasteiger partial charge in [-0.1, -0.05) is 42.0 Å². The van der Waals surface area contributed by atoms with Gasteiger partial charge in [0.05, 0.1) is 7.11 Å². The molecular weight excluding hydrogens is 258 g/mol. The minimum Gasteiger partial charge on any atom is -0.496 e. The van der Waals surface area contributed by atoms with Crippen LogP contribution in [0.1, 0.15) is 28.7 Å². The molecule has 1 atom stereocenters. The highest BCUT2D eigenvalue weighted by Gasteiger charge is 2.31. The molecule has 110 valence electrons. The molecule has 0 aliphatic heterocycles. The third-order valence-electron chi connectivity index (χ3n) is 4.53. The number of hydrogen-bond acceptors (Lipinski definition) is 2. The molecule has 2 heteroatoms. The summed E-state index contributed by atoms with van der Waals surface area (Å²) < 4.78 is 5.50. The average Bonchev–Trinajstić information content (AvgIpc) is 2.47. The van der Waals surface area contributed by atoms with Crippen LogP contribution in [-0.4, -0.2) is 12.6 Å². The number of hydrogen-bond donors (Lipinski definition) is 1. The summed E-state index contributed by atoms with van der Waals surface area (Å²) in [4.78, 5) is 0. The lowest BCUT2D eigenvalue weighted by molar-refractivity contribution is 0.356. The molecule has 21 heavy (non-hydrogen) atoms. The van der Waals surface area contributed by atoms with Crippen LogP contribution in [-0.2, 0) is 19.3 Å². The Bertz CT molecular complexity index is 650. The van der Waals surface area contributed by atoms with Crippen LogP contribution in [0.5, 0.6) is 5.75 Å². The molecule has 1 unspecified atom stereocenters. The Morgan fingerprint density at radius 1 is 1.14 bits per heavy atom. The summed E-state index contributed by atoms with van der Waals surface area (Å²) in [5.41, 5.74) is 11.9. The van der Waals surface area contributed by atoms with Crippen LogP contribution in [0.25, 0.3) is 0 Å². The van der Waals surface area contributed by atoms with Crippen molar-refractivity contribution < 1.29 is 4.74 Å². The van der Waals surface area contributed by atoms with Gasteiger partial charge in [-0.15, -0.1) is 0 Å². The van der Waals surface area contributed by atoms with Crippen LogP contribution in [0.3, 0.4) is 0 Å². The van der Waals surface area contributed by atoms with E-state index in [0.29, 0.717) is 0 Å². The van der Waals surface area contributed by atoms with Gasteiger partial charge in [-0.3, -0.25) is 0 Å². The third-order valence-corrected chi connectivity index (χ3v) is 4.53. The normalized spacial score (nSPS) is 20.9. The lowest BCUT2D eigenvalue weighted by atomic mass is 9.75. The Morgan fingerprint density at radius 3 is 2.67 bits per heavy atom. The number of rotatable bonds is 3. The van der Waals surface area contributed by atoms with E-state index in [0.717, 1.165) is 31.4 Å². The second-order valence-electron chi connectivity index (χ2n) is 6.30. The Hall–Kier alpha value is -1.80. The lowest BCUT2D eigenvalue weighted by Gasteiger charge is -2.35. The van der Waals surface area contributed by atoms with Gasteiger partial charge in [0.2, 0.25) is 0 Å². The summed E-state index contributed by atoms with van der Waals surface area (Å²) in [6, 6.07) is 15.0. The first-order valence-corrected chi connectivity index (χ1v) is 7.59. The molecule has 0 aromatic heterocycles. The molecule has 1 aliphatic rings. The Morgan fingerprint density at radius 2 is 1.90 bits per heavy atom. The van der Waals surface area contributed by atoms with Crippen molar-refractivity contribution >= 4 is 0 Å². The van der Waals surface area contributed by atoms with Crippen molar-refractivity contribution in [2.75, 3.05) is 7.11 Å². The van der Waals surface area contributed by atoms with Gasteiger partial charge in [0.1, 0.15) is 5.75 Å². The smallest absolute Gasteiger partial charge is 0.122 e. The molecule has 0 radical (unpaired) electrons. The fraction of sp³-hybridized carbons (Fsp3) is 0.368. The molecule has 3 rings (SSSR count). The van der Waals surface area contributed by atoms with Gasteiger partial charge in [0.15, 0.2) is 0 Å². The highest BCUT2D eigenvalue weighted by atomic mass is 16.5. The molecule has 2 aromatic carbocycles. The summed E-state index contributed by atoms with van der Waals surface area (Å²) in [6.45, 7) is 2.11. The summed E-state index contributed by atoms with van der Waals surface area (Å²) in [5, 5.41) is 0. The number of nitrogens with two attached hydrogens (primary N) is 1. The topological polar surface area (TPSA) is 35.2 Å². The number of benzene rings is 2. The monoisotopic (exact) mass is 281 g/mol. The average molecular weight is 281 g/mol. The SMILES string of the molecule is COc1ccc(C)cc1CC1(N)CCc2ccccc2C1. The highest BCUT2D eigenvalue weighted by molar-refractivity contribution is 5.40. The van der Waals surface area contributed by atoms with Crippen molar-refractivity contribution in [3.63, 3.8) is 0 Å². The van der Waals surface area contributed by atoms with E-state index in [-0.39, 0.29) is 5.54 Å². The predicted octanol–water partition coefficient (Wildman–Crippen LogP) is 3.43. The minimum absolute atomic E-state index is 0.171. The third kappa shape index (κ3) is 2.96. The van der Waals surface area contributed by atoms with Crippen LogP contribution in [0, 0.1) is 6.92 Å². The zero-order chi connectivity index (χ0) is 14.9. The van der Waals surface area contributed by atoms with Gasteiger partial charge in [0, 0.05) is 5.54 Å². The summed E-state index contributed by atoms with van der Waals surface area (Å²) in [7, 11) is 1.73. The van der Waals surface area contributed by atoms with Gasteiger partial charge in [-0.25, -0.2) is 0 Å². The van der Waals surface area contributed by atoms with Gasteiger partial charge >= 0.3 is 0 Å². The molecular formula is C19H23NO. The van der Waals surface area contributed by atoms with Crippen molar-refractivity contribution in [3.8, 4) is 5.75 Å². The number of methoxy groups -OCH3 is 1. The van der Waals surface area contributed by atoms with Gasteiger partial charge in [0.25, 0.3) is 0 Å². The molecule has 0 amide bonds. The van der Waals surface area contributed by atoms with Crippen LogP contribution in [0.4, 0.5) is 0 Å². The van der Waals surface area contributed by atoms with Crippen LogP contribution >= 0.6 is 0 Å². The van der Waals surface area contributed by atoms with Gasteiger partial charge in [-0.2, -0.15) is 0 Å². The second kappa shape index (κ2) is 5.53. The van der Waals surface area contributed by atoms with E-state index in [1.54, 1.807) is 7.11 Å². The van der Waals surface area contributed by atoms with E-state index < -0.39 is 0 Å². The first kappa shape index (κ1) is 14.2. The summed E-state index contributed by atoms with van der Waals surface area (Å²) in [6.07, 6.45) is 3.91. The van der Waals surface area contributed by atoms with E-state index >= 15 is 0 Å². The zero-order valence-electron chi connectivity index (χ0n) is 12.9. The fourth-order valence-corrected chi connectivity index (χ4v) is 3.40. The standard InChI is InChI=1S/C19H23NO/c1-14-7-8-18(21-2)17(11-14)13-19(20)10-9-15-5-3-4-6-16(15)12-19/h3-8,11H,9-10,12-13,20H2,1-2H3. The van der Waals surface area contributed by atoms with E-state index in [1.807, 2.05) is 6.07 Å². The van der Waals surface area contributed by atoms with E-state index in [2.05, 4.69) is 43.3 Å². The minimum atomic E-state index is -0.171. The zero-order valence-corrected chi connectivity index (χ0v) is 12.9. The molecule has 0 fully saturated rings. The summed E-state index contributed by atoms with van der Waals surface area (Å²) in [5.74, 6) is 0.948. The maximum absolute atomic E-state index is 6.72. The largest absolute Gasteiger partial charge is 0.496 e. The van der Waals surface area contributed by atoms with Crippen molar-refractivity contribution in [2.45, 2.75) is 38.1 Å². The van der Waals surface area contributed by atoms with Crippen LogP contribution in [0.15, 0.2) is 42.5 Å². The van der Waals surface area contributed by atoms with Crippen molar-refractivity contribution in [3.05, 3.63) is 64.7 Å². The number of aryl methyl sites for hydroxylation is 2. The molecule has 2 nitrogen and oxygen atoms in total. The van der Waals surface area contributed by atoms with Crippen LogP contribution < -0.4 is 10.5 Å². The fourth-order valence-electron chi connectivity index (χ4n) is 3.40. The Labute approximate surface area is 126 Å². The van der Waals surface area contributed by atoms with E-state index in [9.17, 15) is 0 Å². The van der Waals surface area contributed by atoms with Crippen molar-refractivity contribution in [1.29, 1.82) is 0 Å². The maximum Gasteiger partial charge on any atom is 0.122 e. The first-order valence-electron chi connectivity index (χ1n) is 7.59. The molecule has 0 spiro atoms. The molecule has 2 N–H and O–H groups in total. The molecule has 0 saturated heterocycles. The first-order chi connectivity index (χ1) is 10.1. The Balaban J connectivity index is 1.87. The molecule has 0 saturated carbocycles. The van der Waals surface area contributed by atoms with Crippen molar-refractivity contribution in [2.24, 2.45) is 5.73 Å². The van der Waals surface area contributed by atoms with E-state index in [4.69, 9.17) is 10.5 Å². The van der Waals surface area contributed by atoms with Crippen LogP contribution in [0.2, 0.25) is 0 Å². The number of fused-ring (bicyclic) bond motifs is 1. The lowest BCUT2D eigenvalue weighted by Crippen LogP contribution is -2.47. The molecule has 1 aliphatic carbocycles. The van der Waals surface area contributed by atoms with Gasteiger partial charge < -0.3 is 10.5 Å². The molecule has 0 heterocycles. The maximum atomic E-state index is 6.72. The molecule has 0 bridgehead atoms. The van der Waals surface area contributed by atoms with Crippen molar-refractivity contribution in [1.82, 2.24) is 0 Å². The quantitative estimate of drug-likeness (QED) is 0.935. The second-order valence-corrected chi connectivity index (χ2v) is 6.30. The predicted molar refractivity (Wildman–Crippen MR) is 86.8 cm³/mol. The summed E-state index contributed by atoms with van der Waals surface area (Å²) >= 11 is 0. The van der Waals surface area contributed by atoms with Gasteiger partial charge in [-0.05, 0) is 55.4 Å². The van der Waals surface area contributed by atoms with E-state index in [1.165, 1.54) is 22.3 Å². The Kier molecular flexibility index (Phi) is 3.73.